The van der Waals surface area contributed by atoms with Gasteiger partial charge in [0, 0.05) is 31.7 Å². The standard InChI is InChI=1S/C13H13F4N3S/c1-7-6-18-2-3-20(7)12-19-10-5-9(14)8(13(15,16)17)4-11(10)21-12/h4-5,7,18H,2-3,6H2,1H3/t7-/m0/s1. The molecule has 0 amide bonds. The number of hydrogen-bond acceptors (Lipinski definition) is 4. The molecule has 1 fully saturated rings. The summed E-state index contributed by atoms with van der Waals surface area (Å²) in [6, 6.07) is 1.91. The van der Waals surface area contributed by atoms with E-state index in [1.165, 1.54) is 11.3 Å². The lowest BCUT2D eigenvalue weighted by molar-refractivity contribution is -0.139. The van der Waals surface area contributed by atoms with Crippen molar-refractivity contribution < 1.29 is 17.6 Å². The molecular weight excluding hydrogens is 306 g/mol. The molecule has 1 N–H and O–H groups in total. The number of nitrogens with one attached hydrogen (secondary N) is 1. The maximum absolute atomic E-state index is 13.6. The Morgan fingerprint density at radius 3 is 2.81 bits per heavy atom. The van der Waals surface area contributed by atoms with Crippen LogP contribution in [0.15, 0.2) is 12.1 Å². The molecule has 1 aromatic carbocycles. The second-order valence-electron chi connectivity index (χ2n) is 5.04. The first-order valence-electron chi connectivity index (χ1n) is 6.51. The number of hydrogen-bond donors (Lipinski definition) is 1. The maximum atomic E-state index is 13.6. The summed E-state index contributed by atoms with van der Waals surface area (Å²) in [5.74, 6) is -1.28. The number of rotatable bonds is 1. The van der Waals surface area contributed by atoms with Crippen molar-refractivity contribution >= 4 is 26.7 Å². The summed E-state index contributed by atoms with van der Waals surface area (Å²) in [5.41, 5.74) is -0.968. The summed E-state index contributed by atoms with van der Waals surface area (Å²) < 4.78 is 52.1. The molecule has 0 saturated carbocycles. The number of halogens is 4. The molecule has 0 spiro atoms. The number of thiazole rings is 1. The number of nitrogens with zero attached hydrogens (tertiary/aromatic N) is 2. The normalized spacial score (nSPS) is 20.2. The van der Waals surface area contributed by atoms with E-state index in [0.717, 1.165) is 31.8 Å². The van der Waals surface area contributed by atoms with Gasteiger partial charge in [-0.2, -0.15) is 13.2 Å². The molecule has 1 aromatic heterocycles. The van der Waals surface area contributed by atoms with Crippen LogP contribution in [-0.4, -0.2) is 30.7 Å². The van der Waals surface area contributed by atoms with Gasteiger partial charge in [-0.15, -0.1) is 0 Å². The first-order chi connectivity index (χ1) is 9.86. The Balaban J connectivity index is 2.04. The van der Waals surface area contributed by atoms with Crippen LogP contribution in [-0.2, 0) is 6.18 Å². The molecule has 114 valence electrons. The maximum Gasteiger partial charge on any atom is 0.419 e. The molecule has 0 aliphatic carbocycles. The third-order valence-electron chi connectivity index (χ3n) is 3.52. The second-order valence-corrected chi connectivity index (χ2v) is 6.05. The Bertz CT molecular complexity index is 667. The molecule has 1 saturated heterocycles. The van der Waals surface area contributed by atoms with Crippen molar-refractivity contribution in [3.8, 4) is 0 Å². The zero-order valence-electron chi connectivity index (χ0n) is 11.2. The van der Waals surface area contributed by atoms with Crippen LogP contribution < -0.4 is 10.2 Å². The van der Waals surface area contributed by atoms with Crippen LogP contribution >= 0.6 is 11.3 Å². The Kier molecular flexibility index (Phi) is 3.53. The summed E-state index contributed by atoms with van der Waals surface area (Å²) in [7, 11) is 0. The van der Waals surface area contributed by atoms with Crippen molar-refractivity contribution in [3.05, 3.63) is 23.5 Å². The van der Waals surface area contributed by atoms with Crippen LogP contribution in [0, 0.1) is 5.82 Å². The average molecular weight is 319 g/mol. The number of anilines is 1. The number of benzene rings is 1. The number of alkyl halides is 3. The first kappa shape index (κ1) is 14.5. The molecule has 3 rings (SSSR count). The van der Waals surface area contributed by atoms with E-state index in [2.05, 4.69) is 10.3 Å². The van der Waals surface area contributed by atoms with Crippen LogP contribution in [0.5, 0.6) is 0 Å². The van der Waals surface area contributed by atoms with E-state index >= 15 is 0 Å². The van der Waals surface area contributed by atoms with Gasteiger partial charge >= 0.3 is 6.18 Å². The molecule has 21 heavy (non-hydrogen) atoms. The Labute approximate surface area is 122 Å². The third-order valence-corrected chi connectivity index (χ3v) is 4.57. The van der Waals surface area contributed by atoms with E-state index in [-0.39, 0.29) is 11.6 Å². The highest BCUT2D eigenvalue weighted by Gasteiger charge is 2.35. The van der Waals surface area contributed by atoms with E-state index < -0.39 is 17.6 Å². The van der Waals surface area contributed by atoms with Crippen LogP contribution in [0.1, 0.15) is 12.5 Å². The van der Waals surface area contributed by atoms with Crippen molar-refractivity contribution in [2.75, 3.05) is 24.5 Å². The molecule has 8 heteroatoms. The highest BCUT2D eigenvalue weighted by molar-refractivity contribution is 7.22. The molecule has 0 radical (unpaired) electrons. The molecule has 3 nitrogen and oxygen atoms in total. The smallest absolute Gasteiger partial charge is 0.343 e. The summed E-state index contributed by atoms with van der Waals surface area (Å²) in [5, 5.41) is 3.87. The average Bonchev–Trinajstić information content (AvgIpc) is 2.79. The molecule has 0 bridgehead atoms. The van der Waals surface area contributed by atoms with Gasteiger partial charge in [0.2, 0.25) is 0 Å². The van der Waals surface area contributed by atoms with E-state index in [0.29, 0.717) is 9.83 Å². The van der Waals surface area contributed by atoms with Gasteiger partial charge in [-0.05, 0) is 13.0 Å². The van der Waals surface area contributed by atoms with Gasteiger partial charge in [-0.3, -0.25) is 0 Å². The second kappa shape index (κ2) is 5.10. The van der Waals surface area contributed by atoms with Gasteiger partial charge in [0.05, 0.1) is 15.8 Å². The number of piperazine rings is 1. The lowest BCUT2D eigenvalue weighted by atomic mass is 10.2. The van der Waals surface area contributed by atoms with Crippen LogP contribution in [0.3, 0.4) is 0 Å². The van der Waals surface area contributed by atoms with E-state index in [1.54, 1.807) is 0 Å². The van der Waals surface area contributed by atoms with Crippen molar-refractivity contribution in [3.63, 3.8) is 0 Å². The Hall–Kier alpha value is -1.41. The zero-order chi connectivity index (χ0) is 15.2. The lowest BCUT2D eigenvalue weighted by Crippen LogP contribution is -2.49. The summed E-state index contributed by atoms with van der Waals surface area (Å²) in [4.78, 5) is 6.31. The lowest BCUT2D eigenvalue weighted by Gasteiger charge is -2.33. The first-order valence-corrected chi connectivity index (χ1v) is 7.32. The fraction of sp³-hybridized carbons (Fsp3) is 0.462. The summed E-state index contributed by atoms with van der Waals surface area (Å²) >= 11 is 1.17. The Morgan fingerprint density at radius 2 is 2.14 bits per heavy atom. The third kappa shape index (κ3) is 2.69. The molecule has 2 heterocycles. The zero-order valence-corrected chi connectivity index (χ0v) is 12.0. The largest absolute Gasteiger partial charge is 0.419 e. The fourth-order valence-electron chi connectivity index (χ4n) is 2.40. The predicted octanol–water partition coefficient (Wildman–Crippen LogP) is 3.25. The predicted molar refractivity (Wildman–Crippen MR) is 74.3 cm³/mol. The van der Waals surface area contributed by atoms with Gasteiger partial charge in [-0.25, -0.2) is 9.37 Å². The number of aromatic nitrogens is 1. The summed E-state index contributed by atoms with van der Waals surface area (Å²) in [6.45, 7) is 4.33. The van der Waals surface area contributed by atoms with E-state index in [1.807, 2.05) is 11.8 Å². The van der Waals surface area contributed by atoms with Crippen molar-refractivity contribution in [2.45, 2.75) is 19.1 Å². The van der Waals surface area contributed by atoms with Gasteiger partial charge in [0.15, 0.2) is 5.13 Å². The summed E-state index contributed by atoms with van der Waals surface area (Å²) in [6.07, 6.45) is -4.69. The van der Waals surface area contributed by atoms with Crippen LogP contribution in [0.4, 0.5) is 22.7 Å². The minimum atomic E-state index is -4.69. The SMILES string of the molecule is C[C@H]1CNCCN1c1nc2cc(F)c(C(F)(F)F)cc2s1. The monoisotopic (exact) mass is 319 g/mol. The highest BCUT2D eigenvalue weighted by atomic mass is 32.1. The van der Waals surface area contributed by atoms with Crippen LogP contribution in [0.2, 0.25) is 0 Å². The van der Waals surface area contributed by atoms with Crippen LogP contribution in [0.25, 0.3) is 10.2 Å². The van der Waals surface area contributed by atoms with E-state index in [9.17, 15) is 17.6 Å². The molecule has 1 aliphatic heterocycles. The fourth-order valence-corrected chi connectivity index (χ4v) is 3.52. The Morgan fingerprint density at radius 1 is 1.38 bits per heavy atom. The topological polar surface area (TPSA) is 28.2 Å². The number of fused-ring (bicyclic) bond motifs is 1. The highest BCUT2D eigenvalue weighted by Crippen LogP contribution is 2.37. The van der Waals surface area contributed by atoms with Gasteiger partial charge in [0.1, 0.15) is 5.82 Å². The molecule has 2 aromatic rings. The molecule has 0 unspecified atom stereocenters. The van der Waals surface area contributed by atoms with E-state index in [4.69, 9.17) is 0 Å². The molecular formula is C13H13F4N3S. The van der Waals surface area contributed by atoms with Crippen molar-refractivity contribution in [2.24, 2.45) is 0 Å². The van der Waals surface area contributed by atoms with Gasteiger partial charge in [0.25, 0.3) is 0 Å². The molecule has 1 atom stereocenters. The van der Waals surface area contributed by atoms with Crippen molar-refractivity contribution in [1.29, 1.82) is 0 Å². The minimum Gasteiger partial charge on any atom is -0.343 e. The van der Waals surface area contributed by atoms with Gasteiger partial charge in [-0.1, -0.05) is 11.3 Å². The van der Waals surface area contributed by atoms with Gasteiger partial charge < -0.3 is 10.2 Å². The van der Waals surface area contributed by atoms with Crippen molar-refractivity contribution in [1.82, 2.24) is 10.3 Å². The minimum absolute atomic E-state index is 0.200. The molecule has 1 aliphatic rings. The quantitative estimate of drug-likeness (QED) is 0.818.